The van der Waals surface area contributed by atoms with Crippen molar-refractivity contribution in [1.82, 2.24) is 0 Å². The molecule has 0 aromatic heterocycles. The highest BCUT2D eigenvalue weighted by atomic mass is 79.9. The predicted molar refractivity (Wildman–Crippen MR) is 56.8 cm³/mol. The molecule has 60 valence electrons. The van der Waals surface area contributed by atoms with Crippen molar-refractivity contribution < 1.29 is 0 Å². The summed E-state index contributed by atoms with van der Waals surface area (Å²) >= 11 is 12.6. The van der Waals surface area contributed by atoms with Crippen molar-refractivity contribution in [2.45, 2.75) is 10.2 Å². The smallest absolute Gasteiger partial charge is 0.0738 e. The minimum atomic E-state index is 0.344. The lowest BCUT2D eigenvalue weighted by atomic mass is 10.2. The zero-order valence-corrected chi connectivity index (χ0v) is 9.66. The Balaban J connectivity index is 2.66. The molecule has 0 fully saturated rings. The van der Waals surface area contributed by atoms with Crippen LogP contribution in [0.1, 0.15) is 5.56 Å². The molecule has 1 aromatic rings. The van der Waals surface area contributed by atoms with Crippen molar-refractivity contribution in [2.24, 2.45) is 0 Å². The zero-order chi connectivity index (χ0) is 8.27. The van der Waals surface area contributed by atoms with Crippen LogP contribution in [0.5, 0.6) is 0 Å². The summed E-state index contributed by atoms with van der Waals surface area (Å²) in [5.41, 5.74) is 1.27. The van der Waals surface area contributed by atoms with Crippen molar-refractivity contribution >= 4 is 43.5 Å². The van der Waals surface area contributed by atoms with Crippen molar-refractivity contribution in [3.8, 4) is 0 Å². The fraction of sp³-hybridized carbons (Fsp3) is 0.250. The first-order valence-corrected chi connectivity index (χ1v) is 5.42. The number of alkyl halides is 2. The maximum absolute atomic E-state index is 5.72. The van der Waals surface area contributed by atoms with Gasteiger partial charge in [0.25, 0.3) is 0 Å². The quantitative estimate of drug-likeness (QED) is 0.724. The van der Waals surface area contributed by atoms with Crippen molar-refractivity contribution in [1.29, 1.82) is 0 Å². The average molecular weight is 298 g/mol. The van der Waals surface area contributed by atoms with E-state index in [0.29, 0.717) is 3.74 Å². The molecule has 0 aliphatic rings. The Morgan fingerprint density at radius 2 is 1.73 bits per heavy atom. The van der Waals surface area contributed by atoms with E-state index in [1.807, 2.05) is 24.3 Å². The fourth-order valence-electron chi connectivity index (χ4n) is 0.799. The number of benzene rings is 1. The summed E-state index contributed by atoms with van der Waals surface area (Å²) in [6.07, 6.45) is 0.969. The van der Waals surface area contributed by atoms with Gasteiger partial charge in [-0.2, -0.15) is 0 Å². The lowest BCUT2D eigenvalue weighted by molar-refractivity contribution is 1.13. The van der Waals surface area contributed by atoms with E-state index >= 15 is 0 Å². The highest BCUT2D eigenvalue weighted by molar-refractivity contribution is 9.24. The second kappa shape index (κ2) is 4.48. The summed E-state index contributed by atoms with van der Waals surface area (Å²) in [5, 5.41) is 0.787. The first-order chi connectivity index (χ1) is 5.18. The number of rotatable bonds is 2. The van der Waals surface area contributed by atoms with Gasteiger partial charge in [-0.3, -0.25) is 0 Å². The van der Waals surface area contributed by atoms with Gasteiger partial charge in [-0.1, -0.05) is 55.6 Å². The molecule has 0 atom stereocenters. The van der Waals surface area contributed by atoms with Crippen molar-refractivity contribution in [3.05, 3.63) is 34.9 Å². The summed E-state index contributed by atoms with van der Waals surface area (Å²) in [6, 6.07) is 7.86. The first-order valence-electron chi connectivity index (χ1n) is 3.21. The summed E-state index contributed by atoms with van der Waals surface area (Å²) in [6.45, 7) is 0. The summed E-state index contributed by atoms with van der Waals surface area (Å²) < 4.78 is 0.344. The molecular weight excluding hydrogens is 291 g/mol. The molecule has 0 aliphatic carbocycles. The van der Waals surface area contributed by atoms with Crippen LogP contribution in [-0.4, -0.2) is 3.74 Å². The molecule has 0 unspecified atom stereocenters. The lowest BCUT2D eigenvalue weighted by Crippen LogP contribution is -1.91. The Hall–Kier alpha value is 0.470. The van der Waals surface area contributed by atoms with E-state index < -0.39 is 0 Å². The van der Waals surface area contributed by atoms with Crippen LogP contribution >= 0.6 is 43.5 Å². The van der Waals surface area contributed by atoms with Gasteiger partial charge < -0.3 is 0 Å². The minimum Gasteiger partial charge on any atom is -0.0843 e. The van der Waals surface area contributed by atoms with Gasteiger partial charge in [-0.25, -0.2) is 0 Å². The van der Waals surface area contributed by atoms with E-state index in [9.17, 15) is 0 Å². The summed E-state index contributed by atoms with van der Waals surface area (Å²) in [5.74, 6) is 0. The van der Waals surface area contributed by atoms with Crippen LogP contribution in [-0.2, 0) is 6.42 Å². The number of halogens is 3. The molecule has 3 heteroatoms. The Labute approximate surface area is 88.2 Å². The standard InChI is InChI=1S/C8H7Br2Cl/c9-8(10)5-6-1-3-7(11)4-2-6/h1-4,8H,5H2. The monoisotopic (exact) mass is 296 g/mol. The summed E-state index contributed by atoms with van der Waals surface area (Å²) in [4.78, 5) is 0. The van der Waals surface area contributed by atoms with Crippen LogP contribution in [0.25, 0.3) is 0 Å². The van der Waals surface area contributed by atoms with Gasteiger partial charge in [0.15, 0.2) is 0 Å². The molecule has 1 aromatic carbocycles. The minimum absolute atomic E-state index is 0.344. The van der Waals surface area contributed by atoms with E-state index in [2.05, 4.69) is 31.9 Å². The largest absolute Gasteiger partial charge is 0.0843 e. The van der Waals surface area contributed by atoms with Crippen LogP contribution < -0.4 is 0 Å². The lowest BCUT2D eigenvalue weighted by Gasteiger charge is -2.00. The molecule has 0 aliphatic heterocycles. The third-order valence-corrected chi connectivity index (χ3v) is 2.20. The van der Waals surface area contributed by atoms with E-state index in [0.717, 1.165) is 11.4 Å². The van der Waals surface area contributed by atoms with Gasteiger partial charge in [-0.05, 0) is 24.1 Å². The predicted octanol–water partition coefficient (Wildman–Crippen LogP) is 4.00. The highest BCUT2D eigenvalue weighted by Crippen LogP contribution is 2.17. The van der Waals surface area contributed by atoms with E-state index in [1.54, 1.807) is 0 Å². The second-order valence-corrected chi connectivity index (χ2v) is 6.10. The van der Waals surface area contributed by atoms with Crippen LogP contribution in [0, 0.1) is 0 Å². The Kier molecular flexibility index (Phi) is 3.90. The molecule has 0 spiro atoms. The van der Waals surface area contributed by atoms with E-state index in [4.69, 9.17) is 11.6 Å². The molecule has 1 rings (SSSR count). The molecule has 0 saturated heterocycles. The maximum Gasteiger partial charge on any atom is 0.0738 e. The molecular formula is C8H7Br2Cl. The first kappa shape index (κ1) is 9.56. The van der Waals surface area contributed by atoms with Gasteiger partial charge in [-0.15, -0.1) is 0 Å². The van der Waals surface area contributed by atoms with E-state index in [1.165, 1.54) is 5.56 Å². The van der Waals surface area contributed by atoms with Gasteiger partial charge >= 0.3 is 0 Å². The average Bonchev–Trinajstić information content (AvgIpc) is 1.93. The van der Waals surface area contributed by atoms with E-state index in [-0.39, 0.29) is 0 Å². The maximum atomic E-state index is 5.72. The van der Waals surface area contributed by atoms with Crippen molar-refractivity contribution in [2.75, 3.05) is 0 Å². The topological polar surface area (TPSA) is 0 Å². The summed E-state index contributed by atoms with van der Waals surface area (Å²) in [7, 11) is 0. The van der Waals surface area contributed by atoms with Crippen LogP contribution in [0.3, 0.4) is 0 Å². The molecule has 0 amide bonds. The van der Waals surface area contributed by atoms with Crippen LogP contribution in [0.15, 0.2) is 24.3 Å². The molecule has 11 heavy (non-hydrogen) atoms. The molecule has 0 bridgehead atoms. The molecule has 0 heterocycles. The van der Waals surface area contributed by atoms with Gasteiger partial charge in [0.05, 0.1) is 3.74 Å². The normalized spacial score (nSPS) is 10.5. The van der Waals surface area contributed by atoms with Crippen LogP contribution in [0.2, 0.25) is 5.02 Å². The number of hydrogen-bond donors (Lipinski definition) is 0. The van der Waals surface area contributed by atoms with Crippen molar-refractivity contribution in [3.63, 3.8) is 0 Å². The Morgan fingerprint density at radius 3 is 2.18 bits per heavy atom. The Morgan fingerprint density at radius 1 is 1.18 bits per heavy atom. The number of hydrogen-bond acceptors (Lipinski definition) is 0. The molecule has 0 nitrogen and oxygen atoms in total. The zero-order valence-electron chi connectivity index (χ0n) is 5.73. The van der Waals surface area contributed by atoms with Gasteiger partial charge in [0.2, 0.25) is 0 Å². The fourth-order valence-corrected chi connectivity index (χ4v) is 1.67. The third kappa shape index (κ3) is 3.59. The third-order valence-electron chi connectivity index (χ3n) is 1.30. The van der Waals surface area contributed by atoms with Crippen LogP contribution in [0.4, 0.5) is 0 Å². The van der Waals surface area contributed by atoms with Gasteiger partial charge in [0.1, 0.15) is 0 Å². The molecule has 0 N–H and O–H groups in total. The highest BCUT2D eigenvalue weighted by Gasteiger charge is 1.99. The Bertz CT molecular complexity index is 218. The second-order valence-electron chi connectivity index (χ2n) is 2.22. The molecule has 0 saturated carbocycles. The molecule has 0 radical (unpaired) electrons. The SMILES string of the molecule is Clc1ccc(CC(Br)Br)cc1. The van der Waals surface area contributed by atoms with Gasteiger partial charge in [0, 0.05) is 5.02 Å².